The van der Waals surface area contributed by atoms with Crippen LogP contribution in [0.3, 0.4) is 0 Å². The predicted octanol–water partition coefficient (Wildman–Crippen LogP) is 7.14. The summed E-state index contributed by atoms with van der Waals surface area (Å²) in [7, 11) is 2.94. The highest BCUT2D eigenvalue weighted by atomic mass is 16.5. The highest BCUT2D eigenvalue weighted by molar-refractivity contribution is 5.97. The molecule has 4 rings (SSSR count). The maximum Gasteiger partial charge on any atom is 0.341 e. The second-order valence-electron chi connectivity index (χ2n) is 11.7. The topological polar surface area (TPSA) is 74.6 Å². The molecule has 0 spiro atoms. The Hall–Kier alpha value is -3.22. The van der Waals surface area contributed by atoms with Crippen molar-refractivity contribution in [1.29, 1.82) is 0 Å². The number of nitrogens with one attached hydrogen (secondary N) is 1. The average Bonchev–Trinajstić information content (AvgIpc) is 3.13. The highest BCUT2D eigenvalue weighted by Crippen LogP contribution is 2.51. The zero-order valence-electron chi connectivity index (χ0n) is 22.8. The van der Waals surface area contributed by atoms with Crippen LogP contribution in [0.1, 0.15) is 77.2 Å². The number of methoxy groups -OCH3 is 2. The first-order valence-electron chi connectivity index (χ1n) is 12.6. The molecule has 1 aliphatic carbocycles. The quantitative estimate of drug-likeness (QED) is 0.353. The molecule has 7 heteroatoms. The van der Waals surface area contributed by atoms with Crippen LogP contribution >= 0.6 is 0 Å². The molecule has 0 aliphatic heterocycles. The first kappa shape index (κ1) is 25.9. The Labute approximate surface area is 214 Å². The summed E-state index contributed by atoms with van der Waals surface area (Å²) in [5.74, 6) is 1.60. The number of carbonyl (C=O) groups is 1. The third-order valence-corrected chi connectivity index (χ3v) is 6.80. The molecular weight excluding hydrogens is 454 g/mol. The number of benzene rings is 2. The summed E-state index contributed by atoms with van der Waals surface area (Å²) in [6.07, 6.45) is 3.33. The van der Waals surface area contributed by atoms with E-state index in [-0.39, 0.29) is 23.0 Å². The van der Waals surface area contributed by atoms with Gasteiger partial charge in [0.05, 0.1) is 31.4 Å². The predicted molar refractivity (Wildman–Crippen MR) is 144 cm³/mol. The second-order valence-corrected chi connectivity index (χ2v) is 11.7. The number of ether oxygens (including phenoxy) is 3. The van der Waals surface area contributed by atoms with Crippen LogP contribution in [0.5, 0.6) is 11.5 Å². The molecule has 0 saturated heterocycles. The second kappa shape index (κ2) is 9.68. The summed E-state index contributed by atoms with van der Waals surface area (Å²) in [5.41, 5.74) is 3.30. The van der Waals surface area contributed by atoms with Crippen LogP contribution < -0.4 is 14.8 Å². The molecule has 1 heterocycles. The molecule has 1 saturated carbocycles. The largest absolute Gasteiger partial charge is 0.496 e. The monoisotopic (exact) mass is 493 g/mol. The molecule has 0 radical (unpaired) electrons. The Morgan fingerprint density at radius 1 is 1.06 bits per heavy atom. The number of hydrogen-bond acceptors (Lipinski definition) is 6. The van der Waals surface area contributed by atoms with E-state index < -0.39 is 5.97 Å². The summed E-state index contributed by atoms with van der Waals surface area (Å²) < 4.78 is 18.7. The van der Waals surface area contributed by atoms with Gasteiger partial charge in [-0.2, -0.15) is 0 Å². The van der Waals surface area contributed by atoms with E-state index in [2.05, 4.69) is 37.6 Å². The normalized spacial score (nSPS) is 17.2. The van der Waals surface area contributed by atoms with E-state index >= 15 is 0 Å². The van der Waals surface area contributed by atoms with E-state index in [1.165, 1.54) is 13.5 Å². The molecule has 36 heavy (non-hydrogen) atoms. The zero-order valence-corrected chi connectivity index (χ0v) is 22.8. The fraction of sp³-hybridized carbons (Fsp3) is 0.517. The summed E-state index contributed by atoms with van der Waals surface area (Å²) in [6, 6.07) is 11.8. The van der Waals surface area contributed by atoms with Gasteiger partial charge in [0.15, 0.2) is 0 Å². The van der Waals surface area contributed by atoms with E-state index in [0.717, 1.165) is 41.3 Å². The van der Waals surface area contributed by atoms with Crippen molar-refractivity contribution in [2.45, 2.75) is 73.0 Å². The summed E-state index contributed by atoms with van der Waals surface area (Å²) in [4.78, 5) is 17.4. The fourth-order valence-corrected chi connectivity index (χ4v) is 6.01. The van der Waals surface area contributed by atoms with Crippen LogP contribution in [-0.2, 0) is 4.74 Å². The van der Waals surface area contributed by atoms with E-state index in [1.54, 1.807) is 13.2 Å². The molecule has 3 aromatic rings. The van der Waals surface area contributed by atoms with Crippen LogP contribution in [0.15, 0.2) is 36.4 Å². The minimum Gasteiger partial charge on any atom is -0.496 e. The van der Waals surface area contributed by atoms with Crippen LogP contribution in [0.4, 0.5) is 11.6 Å². The van der Waals surface area contributed by atoms with Crippen molar-refractivity contribution in [2.75, 3.05) is 19.5 Å². The summed E-state index contributed by atoms with van der Waals surface area (Å²) in [5, 5.41) is 3.53. The smallest absolute Gasteiger partial charge is 0.341 e. The van der Waals surface area contributed by atoms with E-state index in [4.69, 9.17) is 19.2 Å². The Bertz CT molecular complexity index is 1230. The van der Waals surface area contributed by atoms with Crippen LogP contribution in [0.2, 0.25) is 0 Å². The molecule has 7 nitrogen and oxygen atoms in total. The Morgan fingerprint density at radius 3 is 2.25 bits per heavy atom. The van der Waals surface area contributed by atoms with Gasteiger partial charge >= 0.3 is 5.97 Å². The molecule has 2 aromatic carbocycles. The number of aromatic nitrogens is 2. The zero-order chi connectivity index (χ0) is 26.3. The third kappa shape index (κ3) is 5.45. The molecule has 1 N–H and O–H groups in total. The molecule has 0 atom stereocenters. The average molecular weight is 494 g/mol. The Morgan fingerprint density at radius 2 is 1.69 bits per heavy atom. The van der Waals surface area contributed by atoms with E-state index in [9.17, 15) is 4.79 Å². The van der Waals surface area contributed by atoms with Gasteiger partial charge in [0.2, 0.25) is 5.95 Å². The minimum atomic E-state index is -0.446. The fourth-order valence-electron chi connectivity index (χ4n) is 6.01. The van der Waals surface area contributed by atoms with Crippen LogP contribution in [0.25, 0.3) is 11.0 Å². The summed E-state index contributed by atoms with van der Waals surface area (Å²) in [6.45, 7) is 13.4. The van der Waals surface area contributed by atoms with Gasteiger partial charge in [-0.3, -0.25) is 0 Å². The minimum absolute atomic E-state index is 0.116. The van der Waals surface area contributed by atoms with Gasteiger partial charge in [-0.1, -0.05) is 27.7 Å². The maximum absolute atomic E-state index is 12.4. The lowest BCUT2D eigenvalue weighted by atomic mass is 9.63. The van der Waals surface area contributed by atoms with Crippen molar-refractivity contribution < 1.29 is 19.0 Å². The van der Waals surface area contributed by atoms with Crippen molar-refractivity contribution in [3.63, 3.8) is 0 Å². The van der Waals surface area contributed by atoms with Crippen molar-refractivity contribution in [2.24, 2.45) is 10.8 Å². The van der Waals surface area contributed by atoms with Gasteiger partial charge < -0.3 is 24.1 Å². The Kier molecular flexibility index (Phi) is 6.95. The molecule has 1 fully saturated rings. The maximum atomic E-state index is 12.4. The standard InChI is InChI=1S/C29H39N3O4/c1-18(2)36-21-11-9-19(10-12-21)30-27-31-23-13-22(26(33)35-8)25(34-7)14-24(23)32(27)20-15-28(3,4)17-29(5,6)16-20/h9-14,18,20H,15-17H2,1-8H3,(H,30,31). The van der Waals surface area contributed by atoms with Gasteiger partial charge in [-0.15, -0.1) is 0 Å². The molecule has 0 unspecified atom stereocenters. The number of rotatable bonds is 7. The van der Waals surface area contributed by atoms with Crippen LogP contribution in [-0.4, -0.2) is 35.8 Å². The number of fused-ring (bicyclic) bond motifs is 1. The molecule has 1 aromatic heterocycles. The lowest BCUT2D eigenvalue weighted by Gasteiger charge is -2.45. The number of esters is 1. The van der Waals surface area contributed by atoms with Crippen molar-refractivity contribution in [3.8, 4) is 11.5 Å². The summed E-state index contributed by atoms with van der Waals surface area (Å²) >= 11 is 0. The lowest BCUT2D eigenvalue weighted by molar-refractivity contribution is 0.0597. The van der Waals surface area contributed by atoms with Crippen molar-refractivity contribution >= 4 is 28.6 Å². The number of carbonyl (C=O) groups excluding carboxylic acids is 1. The number of imidazole rings is 1. The van der Waals surface area contributed by atoms with Crippen LogP contribution in [0, 0.1) is 10.8 Å². The van der Waals surface area contributed by atoms with Gasteiger partial charge in [-0.25, -0.2) is 9.78 Å². The SMILES string of the molecule is COC(=O)c1cc2nc(Nc3ccc(OC(C)C)cc3)n(C3CC(C)(C)CC(C)(C)C3)c2cc1OC. The molecule has 0 bridgehead atoms. The number of nitrogens with zero attached hydrogens (tertiary/aromatic N) is 2. The molecular formula is C29H39N3O4. The highest BCUT2D eigenvalue weighted by Gasteiger charge is 2.40. The molecule has 194 valence electrons. The van der Waals surface area contributed by atoms with Gasteiger partial charge in [0, 0.05) is 17.8 Å². The van der Waals surface area contributed by atoms with Gasteiger partial charge in [-0.05, 0) is 74.3 Å². The molecule has 0 amide bonds. The van der Waals surface area contributed by atoms with E-state index in [0.29, 0.717) is 11.3 Å². The van der Waals surface area contributed by atoms with Gasteiger partial charge in [0.25, 0.3) is 0 Å². The van der Waals surface area contributed by atoms with Crippen molar-refractivity contribution in [3.05, 3.63) is 42.0 Å². The Balaban J connectivity index is 1.83. The van der Waals surface area contributed by atoms with Crippen molar-refractivity contribution in [1.82, 2.24) is 9.55 Å². The number of hydrogen-bond donors (Lipinski definition) is 1. The van der Waals surface area contributed by atoms with E-state index in [1.807, 2.05) is 44.2 Å². The lowest BCUT2D eigenvalue weighted by Crippen LogP contribution is -2.35. The number of anilines is 2. The first-order chi connectivity index (χ1) is 16.9. The molecule has 1 aliphatic rings. The van der Waals surface area contributed by atoms with Gasteiger partial charge in [0.1, 0.15) is 17.1 Å². The third-order valence-electron chi connectivity index (χ3n) is 6.80. The first-order valence-corrected chi connectivity index (χ1v) is 12.6.